The number of nitrogens with zero attached hydrogens (tertiary/aromatic N) is 4. The van der Waals surface area contributed by atoms with Gasteiger partial charge in [0, 0.05) is 38.8 Å². The van der Waals surface area contributed by atoms with Gasteiger partial charge in [0.1, 0.15) is 6.10 Å². The molecule has 0 bridgehead atoms. The van der Waals surface area contributed by atoms with E-state index in [1.807, 2.05) is 24.9 Å². The molecule has 1 saturated heterocycles. The molecule has 1 aromatic carbocycles. The molecule has 0 amide bonds. The van der Waals surface area contributed by atoms with Crippen molar-refractivity contribution in [3.8, 4) is 5.75 Å². The molecule has 0 saturated carbocycles. The van der Waals surface area contributed by atoms with E-state index in [9.17, 15) is 4.39 Å². The fourth-order valence-electron chi connectivity index (χ4n) is 3.31. The summed E-state index contributed by atoms with van der Waals surface area (Å²) in [6.07, 6.45) is 4.90. The van der Waals surface area contributed by atoms with Gasteiger partial charge < -0.3 is 15.0 Å². The maximum Gasteiger partial charge on any atom is 0.194 e. The standard InChI is InChI=1S/C20H28FN5O.HI/c1-4-22-20(23-11-15(2)27-19-8-6-5-7-18(19)21)26-10-9-16(14-26)17-12-24-25(3)13-17;/h5-8,12-13,15-16H,4,9-11,14H2,1-3H3,(H,22,23);1H. The van der Waals surface area contributed by atoms with Crippen LogP contribution in [-0.4, -0.2) is 52.9 Å². The summed E-state index contributed by atoms with van der Waals surface area (Å²) >= 11 is 0. The summed E-state index contributed by atoms with van der Waals surface area (Å²) in [5.41, 5.74) is 1.27. The summed E-state index contributed by atoms with van der Waals surface area (Å²) in [6, 6.07) is 6.46. The minimum Gasteiger partial charge on any atom is -0.486 e. The van der Waals surface area contributed by atoms with Crippen LogP contribution in [0, 0.1) is 5.82 Å². The minimum atomic E-state index is -0.348. The molecule has 3 rings (SSSR count). The summed E-state index contributed by atoms with van der Waals surface area (Å²) in [5.74, 6) is 1.27. The van der Waals surface area contributed by atoms with E-state index in [1.165, 1.54) is 11.6 Å². The first-order valence-electron chi connectivity index (χ1n) is 9.49. The number of nitrogens with one attached hydrogen (secondary N) is 1. The van der Waals surface area contributed by atoms with Crippen LogP contribution in [0.5, 0.6) is 5.75 Å². The van der Waals surface area contributed by atoms with Crippen molar-refractivity contribution < 1.29 is 9.13 Å². The average molecular weight is 501 g/mol. The summed E-state index contributed by atoms with van der Waals surface area (Å²) in [7, 11) is 1.94. The lowest BCUT2D eigenvalue weighted by atomic mass is 10.0. The Bertz CT molecular complexity index is 781. The Labute approximate surface area is 183 Å². The predicted molar refractivity (Wildman–Crippen MR) is 120 cm³/mol. The van der Waals surface area contributed by atoms with Crippen LogP contribution in [0.1, 0.15) is 31.7 Å². The minimum absolute atomic E-state index is 0. The number of halogens is 2. The molecule has 8 heteroatoms. The molecule has 1 N–H and O–H groups in total. The molecule has 1 aliphatic heterocycles. The maximum atomic E-state index is 13.7. The van der Waals surface area contributed by atoms with Crippen molar-refractivity contribution in [3.05, 3.63) is 48.0 Å². The van der Waals surface area contributed by atoms with E-state index in [4.69, 9.17) is 9.73 Å². The van der Waals surface area contributed by atoms with Gasteiger partial charge in [-0.2, -0.15) is 5.10 Å². The van der Waals surface area contributed by atoms with Crippen molar-refractivity contribution in [2.24, 2.45) is 12.0 Å². The Morgan fingerprint density at radius 3 is 2.89 bits per heavy atom. The van der Waals surface area contributed by atoms with Crippen molar-refractivity contribution in [2.45, 2.75) is 32.3 Å². The molecule has 154 valence electrons. The summed E-state index contributed by atoms with van der Waals surface area (Å²) in [4.78, 5) is 6.99. The highest BCUT2D eigenvalue weighted by Crippen LogP contribution is 2.26. The van der Waals surface area contributed by atoms with E-state index < -0.39 is 0 Å². The molecule has 2 unspecified atom stereocenters. The van der Waals surface area contributed by atoms with Gasteiger partial charge in [0.25, 0.3) is 0 Å². The molecule has 1 fully saturated rings. The molecule has 2 heterocycles. The molecule has 2 aromatic rings. The van der Waals surface area contributed by atoms with Crippen LogP contribution < -0.4 is 10.1 Å². The Balaban J connectivity index is 0.00000280. The van der Waals surface area contributed by atoms with Crippen molar-refractivity contribution in [2.75, 3.05) is 26.2 Å². The van der Waals surface area contributed by atoms with Crippen LogP contribution >= 0.6 is 24.0 Å². The van der Waals surface area contributed by atoms with Crippen LogP contribution in [0.15, 0.2) is 41.7 Å². The lowest BCUT2D eigenvalue weighted by molar-refractivity contribution is 0.219. The van der Waals surface area contributed by atoms with Gasteiger partial charge in [0.15, 0.2) is 17.5 Å². The SMILES string of the molecule is CCNC(=NCC(C)Oc1ccccc1F)N1CCC(c2cnn(C)c2)C1.I. The van der Waals surface area contributed by atoms with E-state index in [0.29, 0.717) is 12.5 Å². The van der Waals surface area contributed by atoms with Crippen LogP contribution in [0.2, 0.25) is 0 Å². The number of para-hydroxylation sites is 1. The van der Waals surface area contributed by atoms with Crippen molar-refractivity contribution in [1.29, 1.82) is 0 Å². The van der Waals surface area contributed by atoms with Crippen LogP contribution in [-0.2, 0) is 7.05 Å². The number of benzene rings is 1. The third kappa shape index (κ3) is 5.83. The second-order valence-electron chi connectivity index (χ2n) is 6.93. The van der Waals surface area contributed by atoms with Gasteiger partial charge in [-0.3, -0.25) is 4.68 Å². The molecule has 0 spiro atoms. The number of ether oxygens (including phenoxy) is 1. The van der Waals surface area contributed by atoms with Crippen LogP contribution in [0.3, 0.4) is 0 Å². The molecule has 0 aliphatic carbocycles. The zero-order valence-electron chi connectivity index (χ0n) is 16.6. The van der Waals surface area contributed by atoms with Crippen LogP contribution in [0.25, 0.3) is 0 Å². The van der Waals surface area contributed by atoms with E-state index in [1.54, 1.807) is 18.2 Å². The summed E-state index contributed by atoms with van der Waals surface area (Å²) in [6.45, 7) is 7.10. The number of rotatable bonds is 6. The summed E-state index contributed by atoms with van der Waals surface area (Å²) in [5, 5.41) is 7.64. The van der Waals surface area contributed by atoms with Gasteiger partial charge >= 0.3 is 0 Å². The molecular formula is C20H29FIN5O. The molecule has 28 heavy (non-hydrogen) atoms. The highest BCUT2D eigenvalue weighted by atomic mass is 127. The van der Waals surface area contributed by atoms with E-state index >= 15 is 0 Å². The third-order valence-electron chi connectivity index (χ3n) is 4.68. The van der Waals surface area contributed by atoms with Gasteiger partial charge in [0.05, 0.1) is 12.7 Å². The van der Waals surface area contributed by atoms with E-state index in [2.05, 4.69) is 28.4 Å². The van der Waals surface area contributed by atoms with Gasteiger partial charge in [-0.05, 0) is 38.0 Å². The van der Waals surface area contributed by atoms with Crippen molar-refractivity contribution >= 4 is 29.9 Å². The maximum absolute atomic E-state index is 13.7. The van der Waals surface area contributed by atoms with Crippen molar-refractivity contribution in [1.82, 2.24) is 20.0 Å². The van der Waals surface area contributed by atoms with Gasteiger partial charge in [-0.25, -0.2) is 9.38 Å². The van der Waals surface area contributed by atoms with Crippen LogP contribution in [0.4, 0.5) is 4.39 Å². The number of hydrogen-bond donors (Lipinski definition) is 1. The number of aryl methyl sites for hydroxylation is 1. The largest absolute Gasteiger partial charge is 0.486 e. The van der Waals surface area contributed by atoms with E-state index in [-0.39, 0.29) is 41.6 Å². The van der Waals surface area contributed by atoms with Gasteiger partial charge in [-0.15, -0.1) is 24.0 Å². The highest BCUT2D eigenvalue weighted by molar-refractivity contribution is 14.0. The molecule has 6 nitrogen and oxygen atoms in total. The number of aliphatic imine (C=N–C) groups is 1. The highest BCUT2D eigenvalue weighted by Gasteiger charge is 2.27. The smallest absolute Gasteiger partial charge is 0.194 e. The number of hydrogen-bond acceptors (Lipinski definition) is 3. The normalized spacial score (nSPS) is 17.9. The van der Waals surface area contributed by atoms with Crippen molar-refractivity contribution in [3.63, 3.8) is 0 Å². The lowest BCUT2D eigenvalue weighted by Gasteiger charge is -2.22. The second-order valence-corrected chi connectivity index (χ2v) is 6.93. The Morgan fingerprint density at radius 1 is 1.43 bits per heavy atom. The Hall–Kier alpha value is -1.84. The lowest BCUT2D eigenvalue weighted by Crippen LogP contribution is -2.40. The first-order chi connectivity index (χ1) is 13.1. The first-order valence-corrected chi connectivity index (χ1v) is 9.49. The zero-order valence-corrected chi connectivity index (χ0v) is 19.0. The number of guanidine groups is 1. The fourth-order valence-corrected chi connectivity index (χ4v) is 3.31. The van der Waals surface area contributed by atoms with E-state index in [0.717, 1.165) is 32.0 Å². The molecule has 1 aromatic heterocycles. The monoisotopic (exact) mass is 501 g/mol. The molecule has 0 radical (unpaired) electrons. The zero-order chi connectivity index (χ0) is 19.2. The summed E-state index contributed by atoms with van der Waals surface area (Å²) < 4.78 is 21.3. The first kappa shape index (κ1) is 22.4. The Kier molecular flexibility index (Phi) is 8.53. The number of likely N-dealkylation sites (tertiary alicyclic amines) is 1. The molecular weight excluding hydrogens is 472 g/mol. The quantitative estimate of drug-likeness (QED) is 0.375. The third-order valence-corrected chi connectivity index (χ3v) is 4.68. The topological polar surface area (TPSA) is 54.7 Å². The van der Waals surface area contributed by atoms with Gasteiger partial charge in [-0.1, -0.05) is 12.1 Å². The fraction of sp³-hybridized carbons (Fsp3) is 0.500. The second kappa shape index (κ2) is 10.6. The predicted octanol–water partition coefficient (Wildman–Crippen LogP) is 3.40. The number of aromatic nitrogens is 2. The Morgan fingerprint density at radius 2 is 2.21 bits per heavy atom. The molecule has 2 atom stereocenters. The average Bonchev–Trinajstić information content (AvgIpc) is 3.29. The molecule has 1 aliphatic rings. The van der Waals surface area contributed by atoms with Gasteiger partial charge in [0.2, 0.25) is 0 Å².